The van der Waals surface area contributed by atoms with Crippen LogP contribution in [0.3, 0.4) is 0 Å². The number of furan rings is 1. The number of para-hydroxylation sites is 1. The van der Waals surface area contributed by atoms with Crippen LogP contribution < -0.4 is 5.32 Å². The molecule has 0 amide bonds. The van der Waals surface area contributed by atoms with Gasteiger partial charge in [0.25, 0.3) is 0 Å². The van der Waals surface area contributed by atoms with Crippen molar-refractivity contribution in [2.24, 2.45) is 5.92 Å². The predicted molar refractivity (Wildman–Crippen MR) is 84.4 cm³/mol. The Balaban J connectivity index is 1.64. The lowest BCUT2D eigenvalue weighted by molar-refractivity contribution is 0.418. The smallest absolute Gasteiger partial charge is 0.152 e. The van der Waals surface area contributed by atoms with Gasteiger partial charge in [-0.3, -0.25) is 0 Å². The Morgan fingerprint density at radius 1 is 1.40 bits per heavy atom. The van der Waals surface area contributed by atoms with Crippen molar-refractivity contribution < 1.29 is 4.42 Å². The van der Waals surface area contributed by atoms with Crippen LogP contribution in [0.1, 0.15) is 38.4 Å². The molecule has 1 aromatic carbocycles. The zero-order valence-corrected chi connectivity index (χ0v) is 12.7. The molecule has 1 aromatic heterocycles. The summed E-state index contributed by atoms with van der Waals surface area (Å²) in [7, 11) is 0. The fourth-order valence-electron chi connectivity index (χ4n) is 2.83. The minimum atomic E-state index is 0.652. The molecule has 1 fully saturated rings. The van der Waals surface area contributed by atoms with Crippen LogP contribution in [-0.2, 0) is 6.42 Å². The molecule has 1 atom stereocenters. The van der Waals surface area contributed by atoms with Crippen LogP contribution in [-0.4, -0.2) is 12.6 Å². The van der Waals surface area contributed by atoms with E-state index in [2.05, 4.69) is 24.4 Å². The molecule has 20 heavy (non-hydrogen) atoms. The number of hydrogen-bond donors (Lipinski definition) is 1. The molecule has 0 spiro atoms. The molecule has 0 radical (unpaired) electrons. The van der Waals surface area contributed by atoms with Gasteiger partial charge in [-0.1, -0.05) is 30.7 Å². The summed E-state index contributed by atoms with van der Waals surface area (Å²) in [5.41, 5.74) is 0.827. The van der Waals surface area contributed by atoms with Crippen LogP contribution in [0.2, 0.25) is 5.02 Å². The molecule has 0 saturated heterocycles. The van der Waals surface area contributed by atoms with Crippen LogP contribution in [0.15, 0.2) is 28.7 Å². The molecular weight excluding hydrogens is 270 g/mol. The number of halogens is 1. The third-order valence-corrected chi connectivity index (χ3v) is 4.39. The van der Waals surface area contributed by atoms with Crippen molar-refractivity contribution in [2.75, 3.05) is 6.54 Å². The SMILES string of the molecule is CCCNC(CCc1cc2cccc(Cl)c2o1)C1CC1. The van der Waals surface area contributed by atoms with E-state index in [1.165, 1.54) is 19.3 Å². The number of aryl methyl sites for hydroxylation is 1. The highest BCUT2D eigenvalue weighted by molar-refractivity contribution is 6.34. The molecule has 3 rings (SSSR count). The van der Waals surface area contributed by atoms with Crippen LogP contribution in [0.4, 0.5) is 0 Å². The average molecular weight is 292 g/mol. The van der Waals surface area contributed by atoms with E-state index in [0.29, 0.717) is 11.1 Å². The molecule has 2 nitrogen and oxygen atoms in total. The number of fused-ring (bicyclic) bond motifs is 1. The first-order valence-electron chi connectivity index (χ1n) is 7.68. The van der Waals surface area contributed by atoms with Gasteiger partial charge in [-0.2, -0.15) is 0 Å². The topological polar surface area (TPSA) is 25.2 Å². The summed E-state index contributed by atoms with van der Waals surface area (Å²) in [6.07, 6.45) is 6.11. The van der Waals surface area contributed by atoms with Crippen molar-refractivity contribution in [1.29, 1.82) is 0 Å². The second-order valence-electron chi connectivity index (χ2n) is 5.81. The molecule has 108 valence electrons. The number of nitrogens with one attached hydrogen (secondary N) is 1. The van der Waals surface area contributed by atoms with E-state index in [1.54, 1.807) is 0 Å². The van der Waals surface area contributed by atoms with Crippen molar-refractivity contribution in [3.05, 3.63) is 35.0 Å². The maximum atomic E-state index is 6.16. The van der Waals surface area contributed by atoms with Crippen molar-refractivity contribution in [3.63, 3.8) is 0 Å². The average Bonchev–Trinajstić information content (AvgIpc) is 3.19. The maximum Gasteiger partial charge on any atom is 0.152 e. The van der Waals surface area contributed by atoms with E-state index in [1.807, 2.05) is 12.1 Å². The lowest BCUT2D eigenvalue weighted by atomic mass is 10.1. The normalized spacial score (nSPS) is 16.7. The second kappa shape index (κ2) is 6.19. The zero-order valence-electron chi connectivity index (χ0n) is 12.0. The van der Waals surface area contributed by atoms with Gasteiger partial charge < -0.3 is 9.73 Å². The Labute approximate surface area is 125 Å². The molecular formula is C17H22ClNO. The van der Waals surface area contributed by atoms with E-state index >= 15 is 0 Å². The molecule has 0 aliphatic heterocycles. The summed E-state index contributed by atoms with van der Waals surface area (Å²) in [6.45, 7) is 3.34. The molecule has 0 bridgehead atoms. The summed E-state index contributed by atoms with van der Waals surface area (Å²) in [6, 6.07) is 8.69. The quantitative estimate of drug-likeness (QED) is 0.793. The predicted octanol–water partition coefficient (Wildman–Crippen LogP) is 4.80. The van der Waals surface area contributed by atoms with E-state index in [9.17, 15) is 0 Å². The third kappa shape index (κ3) is 3.18. The van der Waals surface area contributed by atoms with Gasteiger partial charge in [0, 0.05) is 17.8 Å². The van der Waals surface area contributed by atoms with Crippen LogP contribution >= 0.6 is 11.6 Å². The zero-order chi connectivity index (χ0) is 13.9. The van der Waals surface area contributed by atoms with Gasteiger partial charge in [0.05, 0.1) is 5.02 Å². The van der Waals surface area contributed by atoms with E-state index in [-0.39, 0.29) is 0 Å². The van der Waals surface area contributed by atoms with Gasteiger partial charge in [0.1, 0.15) is 5.76 Å². The number of hydrogen-bond acceptors (Lipinski definition) is 2. The van der Waals surface area contributed by atoms with Gasteiger partial charge in [-0.05, 0) is 50.3 Å². The Bertz CT molecular complexity index is 573. The van der Waals surface area contributed by atoms with Gasteiger partial charge in [0.2, 0.25) is 0 Å². The highest BCUT2D eigenvalue weighted by atomic mass is 35.5. The standard InChI is InChI=1S/C17H22ClNO/c1-2-10-19-16(12-6-7-12)9-8-14-11-13-4-3-5-15(18)17(13)20-14/h3-5,11-12,16,19H,2,6-10H2,1H3. The summed E-state index contributed by atoms with van der Waals surface area (Å²) < 4.78 is 5.89. The molecule has 2 aromatic rings. The highest BCUT2D eigenvalue weighted by Crippen LogP contribution is 2.35. The molecule has 3 heteroatoms. The van der Waals surface area contributed by atoms with Crippen molar-refractivity contribution >= 4 is 22.6 Å². The first-order chi connectivity index (χ1) is 9.78. The van der Waals surface area contributed by atoms with Crippen molar-refractivity contribution in [2.45, 2.75) is 45.1 Å². The lowest BCUT2D eigenvalue weighted by Crippen LogP contribution is -2.32. The first kappa shape index (κ1) is 14.0. The number of benzene rings is 1. The third-order valence-electron chi connectivity index (χ3n) is 4.10. The van der Waals surface area contributed by atoms with Gasteiger partial charge in [-0.25, -0.2) is 0 Å². The van der Waals surface area contributed by atoms with Gasteiger partial charge in [0.15, 0.2) is 5.58 Å². The maximum absolute atomic E-state index is 6.16. The molecule has 1 heterocycles. The number of rotatable bonds is 7. The van der Waals surface area contributed by atoms with Crippen molar-refractivity contribution in [3.8, 4) is 0 Å². The van der Waals surface area contributed by atoms with Gasteiger partial charge in [-0.15, -0.1) is 0 Å². The monoisotopic (exact) mass is 291 g/mol. The summed E-state index contributed by atoms with van der Waals surface area (Å²) in [5, 5.41) is 5.49. The van der Waals surface area contributed by atoms with Crippen molar-refractivity contribution in [1.82, 2.24) is 5.32 Å². The molecule has 1 unspecified atom stereocenters. The Morgan fingerprint density at radius 2 is 2.25 bits per heavy atom. The minimum Gasteiger partial charge on any atom is -0.460 e. The fourth-order valence-corrected chi connectivity index (χ4v) is 3.06. The minimum absolute atomic E-state index is 0.652. The van der Waals surface area contributed by atoms with E-state index in [4.69, 9.17) is 16.0 Å². The fraction of sp³-hybridized carbons (Fsp3) is 0.529. The summed E-state index contributed by atoms with van der Waals surface area (Å²) in [5.74, 6) is 1.94. The van der Waals surface area contributed by atoms with Crippen LogP contribution in [0, 0.1) is 5.92 Å². The second-order valence-corrected chi connectivity index (χ2v) is 6.21. The van der Waals surface area contributed by atoms with Crippen LogP contribution in [0.5, 0.6) is 0 Å². The van der Waals surface area contributed by atoms with E-state index < -0.39 is 0 Å². The Hall–Kier alpha value is -0.990. The molecule has 1 aliphatic rings. The summed E-state index contributed by atoms with van der Waals surface area (Å²) >= 11 is 6.16. The highest BCUT2D eigenvalue weighted by Gasteiger charge is 2.30. The Morgan fingerprint density at radius 3 is 2.95 bits per heavy atom. The summed E-state index contributed by atoms with van der Waals surface area (Å²) in [4.78, 5) is 0. The molecule has 1 saturated carbocycles. The van der Waals surface area contributed by atoms with E-state index in [0.717, 1.165) is 42.0 Å². The molecule has 1 aliphatic carbocycles. The van der Waals surface area contributed by atoms with Gasteiger partial charge >= 0.3 is 0 Å². The lowest BCUT2D eigenvalue weighted by Gasteiger charge is -2.17. The Kier molecular flexibility index (Phi) is 4.32. The largest absolute Gasteiger partial charge is 0.460 e. The van der Waals surface area contributed by atoms with Crippen LogP contribution in [0.25, 0.3) is 11.0 Å². The molecule has 1 N–H and O–H groups in total. The first-order valence-corrected chi connectivity index (χ1v) is 8.06.